The molecule has 4 nitrogen and oxygen atoms in total. The number of carbonyl (C=O) groups is 1. The highest BCUT2D eigenvalue weighted by molar-refractivity contribution is 5.81. The number of amides is 1. The molecule has 0 spiro atoms. The van der Waals surface area contributed by atoms with Gasteiger partial charge < -0.3 is 15.2 Å². The quantitative estimate of drug-likeness (QED) is 0.879. The predicted molar refractivity (Wildman–Crippen MR) is 68.3 cm³/mol. The minimum Gasteiger partial charge on any atom is -0.480 e. The third kappa shape index (κ3) is 3.44. The molecule has 0 aliphatic carbocycles. The first-order valence-electron chi connectivity index (χ1n) is 6.50. The number of aliphatic hydroxyl groups excluding tert-OH is 1. The number of carbonyl (C=O) groups excluding carboxylic acids is 1. The summed E-state index contributed by atoms with van der Waals surface area (Å²) in [4.78, 5) is 11.8. The second-order valence-corrected chi connectivity index (χ2v) is 4.75. The molecule has 0 saturated carbocycles. The van der Waals surface area contributed by atoms with Gasteiger partial charge in [0, 0.05) is 12.1 Å². The van der Waals surface area contributed by atoms with Crippen LogP contribution in [0.1, 0.15) is 37.9 Å². The molecule has 1 heterocycles. The van der Waals surface area contributed by atoms with Crippen molar-refractivity contribution in [3.63, 3.8) is 0 Å². The van der Waals surface area contributed by atoms with Gasteiger partial charge in [0.2, 0.25) is 0 Å². The lowest BCUT2D eigenvalue weighted by Gasteiger charge is -2.19. The van der Waals surface area contributed by atoms with Gasteiger partial charge in [-0.1, -0.05) is 0 Å². The third-order valence-corrected chi connectivity index (χ3v) is 3.18. The van der Waals surface area contributed by atoms with Gasteiger partial charge in [0.15, 0.2) is 6.10 Å². The first kappa shape index (κ1) is 13.8. The normalized spacial score (nSPS) is 21.4. The lowest BCUT2D eigenvalue weighted by molar-refractivity contribution is -0.127. The molecule has 104 valence electrons. The maximum atomic E-state index is 13.2. The Balaban J connectivity index is 2.19. The van der Waals surface area contributed by atoms with Crippen LogP contribution in [0.3, 0.4) is 0 Å². The summed E-state index contributed by atoms with van der Waals surface area (Å²) in [6.45, 7) is 2.19. The van der Waals surface area contributed by atoms with Crippen molar-refractivity contribution in [3.8, 4) is 5.75 Å². The molecule has 0 aromatic heterocycles. The summed E-state index contributed by atoms with van der Waals surface area (Å²) in [6, 6.07) is 3.94. The van der Waals surface area contributed by atoms with Gasteiger partial charge in [0.05, 0.1) is 6.10 Å². The van der Waals surface area contributed by atoms with Gasteiger partial charge in [0.25, 0.3) is 5.91 Å². The molecule has 1 fully saturated rings. The Labute approximate surface area is 111 Å². The van der Waals surface area contributed by atoms with Crippen LogP contribution in [-0.2, 0) is 4.79 Å². The smallest absolute Gasteiger partial charge is 0.261 e. The van der Waals surface area contributed by atoms with Crippen molar-refractivity contribution >= 4 is 5.91 Å². The summed E-state index contributed by atoms with van der Waals surface area (Å²) in [5.41, 5.74) is 0.358. The van der Waals surface area contributed by atoms with Crippen molar-refractivity contribution in [1.29, 1.82) is 0 Å². The molecule has 1 aliphatic rings. The Kier molecular flexibility index (Phi) is 4.37. The van der Waals surface area contributed by atoms with E-state index in [9.17, 15) is 14.3 Å². The van der Waals surface area contributed by atoms with Crippen LogP contribution in [0.15, 0.2) is 18.2 Å². The molecule has 1 aromatic carbocycles. The minimum absolute atomic E-state index is 0.154. The highest BCUT2D eigenvalue weighted by atomic mass is 19.1. The van der Waals surface area contributed by atoms with Gasteiger partial charge in [-0.15, -0.1) is 0 Å². The Hall–Kier alpha value is -1.62. The standard InChI is InChI=1S/C14H18FNO3/c1-9(17)11-8-10(15)5-6-12(11)19-13-4-2-3-7-16-14(13)18/h5-6,8-9,13,17H,2-4,7H2,1H3,(H,16,18). The zero-order chi connectivity index (χ0) is 13.8. The van der Waals surface area contributed by atoms with Crippen molar-refractivity contribution < 1.29 is 19.0 Å². The van der Waals surface area contributed by atoms with E-state index >= 15 is 0 Å². The van der Waals surface area contributed by atoms with Crippen LogP contribution in [0.2, 0.25) is 0 Å². The van der Waals surface area contributed by atoms with Crippen LogP contribution >= 0.6 is 0 Å². The van der Waals surface area contributed by atoms with Gasteiger partial charge in [-0.2, -0.15) is 0 Å². The Bertz CT molecular complexity index is 462. The molecular weight excluding hydrogens is 249 g/mol. The highest BCUT2D eigenvalue weighted by Gasteiger charge is 2.24. The topological polar surface area (TPSA) is 58.6 Å². The molecule has 5 heteroatoms. The van der Waals surface area contributed by atoms with E-state index in [-0.39, 0.29) is 5.91 Å². The van der Waals surface area contributed by atoms with Crippen molar-refractivity contribution in [2.45, 2.75) is 38.4 Å². The zero-order valence-corrected chi connectivity index (χ0v) is 10.9. The number of benzene rings is 1. The van der Waals surface area contributed by atoms with Crippen LogP contribution in [0, 0.1) is 5.82 Å². The van der Waals surface area contributed by atoms with Gasteiger partial charge in [-0.25, -0.2) is 4.39 Å². The van der Waals surface area contributed by atoms with Crippen LogP contribution < -0.4 is 10.1 Å². The Morgan fingerprint density at radius 2 is 2.26 bits per heavy atom. The van der Waals surface area contributed by atoms with E-state index in [0.29, 0.717) is 24.3 Å². The number of aliphatic hydroxyl groups is 1. The first-order valence-corrected chi connectivity index (χ1v) is 6.50. The van der Waals surface area contributed by atoms with Crippen LogP contribution in [-0.4, -0.2) is 23.7 Å². The van der Waals surface area contributed by atoms with E-state index in [4.69, 9.17) is 4.74 Å². The number of rotatable bonds is 3. The molecule has 2 unspecified atom stereocenters. The molecule has 0 bridgehead atoms. The highest BCUT2D eigenvalue weighted by Crippen LogP contribution is 2.27. The van der Waals surface area contributed by atoms with Gasteiger partial charge in [-0.05, 0) is 44.4 Å². The van der Waals surface area contributed by atoms with Gasteiger partial charge in [0.1, 0.15) is 11.6 Å². The van der Waals surface area contributed by atoms with Crippen LogP contribution in [0.4, 0.5) is 4.39 Å². The number of ether oxygens (including phenoxy) is 1. The average molecular weight is 267 g/mol. The van der Waals surface area contributed by atoms with E-state index < -0.39 is 18.0 Å². The Morgan fingerprint density at radius 3 is 3.00 bits per heavy atom. The molecular formula is C14H18FNO3. The lowest BCUT2D eigenvalue weighted by atomic mass is 10.1. The Morgan fingerprint density at radius 1 is 1.47 bits per heavy atom. The zero-order valence-electron chi connectivity index (χ0n) is 10.9. The molecule has 0 radical (unpaired) electrons. The number of halogens is 1. The fraction of sp³-hybridized carbons (Fsp3) is 0.500. The fourth-order valence-electron chi connectivity index (χ4n) is 2.13. The monoisotopic (exact) mass is 267 g/mol. The van der Waals surface area contributed by atoms with Gasteiger partial charge >= 0.3 is 0 Å². The molecule has 1 saturated heterocycles. The van der Waals surface area contributed by atoms with Crippen molar-refractivity contribution in [1.82, 2.24) is 5.32 Å². The maximum absolute atomic E-state index is 13.2. The second kappa shape index (κ2) is 6.02. The maximum Gasteiger partial charge on any atom is 0.261 e. The summed E-state index contributed by atoms with van der Waals surface area (Å²) in [7, 11) is 0. The van der Waals surface area contributed by atoms with Crippen molar-refractivity contribution in [2.75, 3.05) is 6.54 Å². The van der Waals surface area contributed by atoms with E-state index in [1.807, 2.05) is 0 Å². The SMILES string of the molecule is CC(O)c1cc(F)ccc1OC1CCCCNC1=O. The number of hydrogen-bond acceptors (Lipinski definition) is 3. The molecule has 1 aromatic rings. The summed E-state index contributed by atoms with van der Waals surface area (Å²) < 4.78 is 18.8. The number of hydrogen-bond donors (Lipinski definition) is 2. The van der Waals surface area contributed by atoms with E-state index in [2.05, 4.69) is 5.32 Å². The van der Waals surface area contributed by atoms with Crippen molar-refractivity contribution in [2.24, 2.45) is 0 Å². The predicted octanol–water partition coefficient (Wildman–Crippen LogP) is 1.93. The van der Waals surface area contributed by atoms with Crippen LogP contribution in [0.25, 0.3) is 0 Å². The molecule has 19 heavy (non-hydrogen) atoms. The van der Waals surface area contributed by atoms with Crippen molar-refractivity contribution in [3.05, 3.63) is 29.6 Å². The molecule has 2 N–H and O–H groups in total. The largest absolute Gasteiger partial charge is 0.480 e. The fourth-order valence-corrected chi connectivity index (χ4v) is 2.13. The van der Waals surface area contributed by atoms with E-state index in [1.54, 1.807) is 0 Å². The summed E-state index contributed by atoms with van der Waals surface area (Å²) in [6.07, 6.45) is 1.03. The molecule has 2 atom stereocenters. The third-order valence-electron chi connectivity index (χ3n) is 3.18. The summed E-state index contributed by atoms with van der Waals surface area (Å²) in [5.74, 6) is -0.231. The molecule has 1 amide bonds. The van der Waals surface area contributed by atoms with Gasteiger partial charge in [-0.3, -0.25) is 4.79 Å². The molecule has 2 rings (SSSR count). The number of nitrogens with one attached hydrogen (secondary N) is 1. The minimum atomic E-state index is -0.848. The second-order valence-electron chi connectivity index (χ2n) is 4.75. The lowest BCUT2D eigenvalue weighted by Crippen LogP contribution is -2.36. The van der Waals surface area contributed by atoms with E-state index in [0.717, 1.165) is 12.8 Å². The average Bonchev–Trinajstić information content (AvgIpc) is 2.57. The first-order chi connectivity index (χ1) is 9.08. The van der Waals surface area contributed by atoms with E-state index in [1.165, 1.54) is 25.1 Å². The summed E-state index contributed by atoms with van der Waals surface area (Å²) >= 11 is 0. The molecule has 1 aliphatic heterocycles. The summed E-state index contributed by atoms with van der Waals surface area (Å²) in [5, 5.41) is 12.4. The van der Waals surface area contributed by atoms with Crippen LogP contribution in [0.5, 0.6) is 5.75 Å².